The van der Waals surface area contributed by atoms with Crippen molar-refractivity contribution in [2.75, 3.05) is 19.5 Å². The lowest BCUT2D eigenvalue weighted by Crippen LogP contribution is -2.13. The fourth-order valence-corrected chi connectivity index (χ4v) is 3.14. The summed E-state index contributed by atoms with van der Waals surface area (Å²) >= 11 is 0. The second-order valence-electron chi connectivity index (χ2n) is 6.07. The van der Waals surface area contributed by atoms with E-state index < -0.39 is 0 Å². The average molecular weight is 352 g/mol. The molecule has 26 heavy (non-hydrogen) atoms. The Morgan fingerprint density at radius 3 is 2.69 bits per heavy atom. The van der Waals surface area contributed by atoms with Gasteiger partial charge in [0, 0.05) is 36.1 Å². The average Bonchev–Trinajstić information content (AvgIpc) is 3.10. The lowest BCUT2D eigenvalue weighted by atomic mass is 10.0. The van der Waals surface area contributed by atoms with Crippen LogP contribution in [0.3, 0.4) is 0 Å². The molecule has 1 heterocycles. The molecule has 0 fully saturated rings. The topological polar surface area (TPSA) is 52.5 Å². The Balaban J connectivity index is 1.69. The van der Waals surface area contributed by atoms with E-state index in [0.29, 0.717) is 30.0 Å². The Labute approximate surface area is 153 Å². The van der Waals surface area contributed by atoms with Crippen LogP contribution < -0.4 is 14.8 Å². The highest BCUT2D eigenvalue weighted by atomic mass is 16.5. The molecule has 1 aromatic heterocycles. The zero-order valence-electron chi connectivity index (χ0n) is 15.4. The summed E-state index contributed by atoms with van der Waals surface area (Å²) in [6, 6.07) is 13.7. The minimum atomic E-state index is -0.0413. The first-order valence-electron chi connectivity index (χ1n) is 8.75. The van der Waals surface area contributed by atoms with Gasteiger partial charge >= 0.3 is 0 Å². The van der Waals surface area contributed by atoms with E-state index in [4.69, 9.17) is 9.47 Å². The molecule has 1 amide bonds. The highest BCUT2D eigenvalue weighted by Crippen LogP contribution is 2.29. The molecule has 5 heteroatoms. The van der Waals surface area contributed by atoms with Crippen LogP contribution in [0.2, 0.25) is 0 Å². The molecule has 0 aliphatic carbocycles. The van der Waals surface area contributed by atoms with E-state index in [1.807, 2.05) is 6.07 Å². The summed E-state index contributed by atoms with van der Waals surface area (Å²) in [6.07, 6.45) is 3.19. The van der Waals surface area contributed by atoms with E-state index in [2.05, 4.69) is 41.2 Å². The standard InChI is InChI=1S/C21H24N2O3/c1-4-23-13-12-17-15(6-5-7-19(17)23)8-11-21(24)22-18-10-9-16(25-2)14-20(18)26-3/h5-7,9-10,12-14H,4,8,11H2,1-3H3,(H,22,24). The largest absolute Gasteiger partial charge is 0.497 e. The molecule has 0 aliphatic heterocycles. The predicted octanol–water partition coefficient (Wildman–Crippen LogP) is 4.25. The van der Waals surface area contributed by atoms with Gasteiger partial charge in [-0.05, 0) is 43.2 Å². The molecule has 0 unspecified atom stereocenters. The first kappa shape index (κ1) is 17.9. The van der Waals surface area contributed by atoms with Crippen LogP contribution in [0.5, 0.6) is 11.5 Å². The molecular weight excluding hydrogens is 328 g/mol. The van der Waals surface area contributed by atoms with Crippen LogP contribution in [0, 0.1) is 0 Å². The predicted molar refractivity (Wildman–Crippen MR) is 104 cm³/mol. The Kier molecular flexibility index (Phi) is 5.46. The second-order valence-corrected chi connectivity index (χ2v) is 6.07. The zero-order valence-corrected chi connectivity index (χ0v) is 15.4. The number of anilines is 1. The molecule has 0 aliphatic rings. The van der Waals surface area contributed by atoms with Crippen molar-refractivity contribution < 1.29 is 14.3 Å². The number of aryl methyl sites for hydroxylation is 2. The van der Waals surface area contributed by atoms with Gasteiger partial charge in [0.25, 0.3) is 0 Å². The molecule has 0 saturated heterocycles. The van der Waals surface area contributed by atoms with Crippen molar-refractivity contribution >= 4 is 22.5 Å². The number of carbonyl (C=O) groups is 1. The van der Waals surface area contributed by atoms with Crippen molar-refractivity contribution in [1.82, 2.24) is 4.57 Å². The molecule has 3 aromatic rings. The van der Waals surface area contributed by atoms with E-state index in [1.54, 1.807) is 32.4 Å². The van der Waals surface area contributed by atoms with E-state index in [1.165, 1.54) is 16.5 Å². The first-order valence-corrected chi connectivity index (χ1v) is 8.75. The molecule has 5 nitrogen and oxygen atoms in total. The van der Waals surface area contributed by atoms with Gasteiger partial charge in [-0.3, -0.25) is 4.79 Å². The monoisotopic (exact) mass is 352 g/mol. The van der Waals surface area contributed by atoms with Crippen LogP contribution in [0.4, 0.5) is 5.69 Å². The number of amides is 1. The van der Waals surface area contributed by atoms with Gasteiger partial charge in [-0.2, -0.15) is 0 Å². The van der Waals surface area contributed by atoms with Crippen molar-refractivity contribution in [3.63, 3.8) is 0 Å². The maximum absolute atomic E-state index is 12.4. The smallest absolute Gasteiger partial charge is 0.224 e. The molecule has 2 aromatic carbocycles. The van der Waals surface area contributed by atoms with Gasteiger partial charge in [0.15, 0.2) is 0 Å². The lowest BCUT2D eigenvalue weighted by molar-refractivity contribution is -0.116. The number of carbonyl (C=O) groups excluding carboxylic acids is 1. The van der Waals surface area contributed by atoms with Crippen LogP contribution in [0.25, 0.3) is 10.9 Å². The fraction of sp³-hybridized carbons (Fsp3) is 0.286. The van der Waals surface area contributed by atoms with Crippen LogP contribution >= 0.6 is 0 Å². The summed E-state index contributed by atoms with van der Waals surface area (Å²) < 4.78 is 12.7. The summed E-state index contributed by atoms with van der Waals surface area (Å²) in [7, 11) is 3.17. The van der Waals surface area contributed by atoms with E-state index in [-0.39, 0.29) is 5.91 Å². The van der Waals surface area contributed by atoms with E-state index in [0.717, 1.165) is 6.54 Å². The summed E-state index contributed by atoms with van der Waals surface area (Å²) in [5.41, 5.74) is 3.04. The molecule has 0 bridgehead atoms. The molecule has 0 saturated carbocycles. The Hall–Kier alpha value is -2.95. The molecule has 0 spiro atoms. The first-order chi connectivity index (χ1) is 12.7. The SMILES string of the molecule is CCn1ccc2c(CCC(=O)Nc3ccc(OC)cc3OC)cccc21. The number of rotatable bonds is 7. The number of fused-ring (bicyclic) bond motifs is 1. The van der Waals surface area contributed by atoms with Gasteiger partial charge in [0.2, 0.25) is 5.91 Å². The van der Waals surface area contributed by atoms with Gasteiger partial charge in [-0.15, -0.1) is 0 Å². The van der Waals surface area contributed by atoms with Gasteiger partial charge in [0.1, 0.15) is 11.5 Å². The number of benzene rings is 2. The van der Waals surface area contributed by atoms with Gasteiger partial charge in [-0.1, -0.05) is 12.1 Å². The highest BCUT2D eigenvalue weighted by molar-refractivity contribution is 5.93. The summed E-state index contributed by atoms with van der Waals surface area (Å²) in [6.45, 7) is 3.06. The summed E-state index contributed by atoms with van der Waals surface area (Å²) in [4.78, 5) is 12.4. The van der Waals surface area contributed by atoms with Gasteiger partial charge in [-0.25, -0.2) is 0 Å². The van der Waals surface area contributed by atoms with Crippen molar-refractivity contribution in [2.24, 2.45) is 0 Å². The molecular formula is C21H24N2O3. The lowest BCUT2D eigenvalue weighted by Gasteiger charge is -2.12. The van der Waals surface area contributed by atoms with Crippen molar-refractivity contribution in [2.45, 2.75) is 26.3 Å². The highest BCUT2D eigenvalue weighted by Gasteiger charge is 2.11. The third-order valence-electron chi connectivity index (χ3n) is 4.55. The number of nitrogens with zero attached hydrogens (tertiary/aromatic N) is 1. The number of hydrogen-bond acceptors (Lipinski definition) is 3. The summed E-state index contributed by atoms with van der Waals surface area (Å²) in [5.74, 6) is 1.23. The fourth-order valence-electron chi connectivity index (χ4n) is 3.14. The third-order valence-corrected chi connectivity index (χ3v) is 4.55. The number of nitrogens with one attached hydrogen (secondary N) is 1. The van der Waals surface area contributed by atoms with Crippen molar-refractivity contribution in [3.8, 4) is 11.5 Å². The second kappa shape index (κ2) is 7.95. The molecule has 1 N–H and O–H groups in total. The van der Waals surface area contributed by atoms with Crippen LogP contribution in [-0.2, 0) is 17.8 Å². The number of ether oxygens (including phenoxy) is 2. The van der Waals surface area contributed by atoms with E-state index in [9.17, 15) is 4.79 Å². The molecule has 3 rings (SSSR count). The van der Waals surface area contributed by atoms with Crippen molar-refractivity contribution in [3.05, 3.63) is 54.2 Å². The normalized spacial score (nSPS) is 10.7. The number of aromatic nitrogens is 1. The molecule has 136 valence electrons. The Morgan fingerprint density at radius 1 is 1.12 bits per heavy atom. The quantitative estimate of drug-likeness (QED) is 0.692. The minimum absolute atomic E-state index is 0.0413. The summed E-state index contributed by atoms with van der Waals surface area (Å²) in [5, 5.41) is 4.13. The number of methoxy groups -OCH3 is 2. The van der Waals surface area contributed by atoms with Gasteiger partial charge < -0.3 is 19.4 Å². The van der Waals surface area contributed by atoms with Crippen LogP contribution in [0.15, 0.2) is 48.7 Å². The molecule has 0 atom stereocenters. The van der Waals surface area contributed by atoms with E-state index >= 15 is 0 Å². The Morgan fingerprint density at radius 2 is 1.96 bits per heavy atom. The Bertz CT molecular complexity index is 915. The maximum atomic E-state index is 12.4. The number of hydrogen-bond donors (Lipinski definition) is 1. The minimum Gasteiger partial charge on any atom is -0.497 e. The van der Waals surface area contributed by atoms with Crippen LogP contribution in [-0.4, -0.2) is 24.7 Å². The zero-order chi connectivity index (χ0) is 18.5. The third kappa shape index (κ3) is 3.67. The van der Waals surface area contributed by atoms with Gasteiger partial charge in [0.05, 0.1) is 19.9 Å². The molecule has 0 radical (unpaired) electrons. The van der Waals surface area contributed by atoms with Crippen LogP contribution in [0.1, 0.15) is 18.9 Å². The van der Waals surface area contributed by atoms with Crippen molar-refractivity contribution in [1.29, 1.82) is 0 Å². The maximum Gasteiger partial charge on any atom is 0.224 e.